The molecule has 146 valence electrons. The summed E-state index contributed by atoms with van der Waals surface area (Å²) in [6, 6.07) is 3.92. The minimum absolute atomic E-state index is 0.0326. The molecule has 1 aliphatic rings. The van der Waals surface area contributed by atoms with E-state index in [1.54, 1.807) is 26.1 Å². The summed E-state index contributed by atoms with van der Waals surface area (Å²) in [5, 5.41) is 1.12. The van der Waals surface area contributed by atoms with Crippen LogP contribution < -0.4 is 9.47 Å². The van der Waals surface area contributed by atoms with Crippen molar-refractivity contribution in [2.24, 2.45) is 0 Å². The zero-order valence-corrected chi connectivity index (χ0v) is 16.9. The van der Waals surface area contributed by atoms with E-state index in [1.807, 2.05) is 24.1 Å². The van der Waals surface area contributed by atoms with Crippen LogP contribution in [0.5, 0.6) is 11.5 Å². The predicted octanol–water partition coefficient (Wildman–Crippen LogP) is 3.60. The highest BCUT2D eigenvalue weighted by Gasteiger charge is 2.28. The second-order valence-corrected chi connectivity index (χ2v) is 7.38. The van der Waals surface area contributed by atoms with Crippen LogP contribution in [0.25, 0.3) is 10.9 Å². The van der Waals surface area contributed by atoms with Gasteiger partial charge in [0.25, 0.3) is 0 Å². The molecule has 1 saturated carbocycles. The van der Waals surface area contributed by atoms with Crippen molar-refractivity contribution in [2.75, 3.05) is 28.3 Å². The van der Waals surface area contributed by atoms with Crippen LogP contribution in [0.2, 0.25) is 5.15 Å². The molecule has 0 N–H and O–H groups in total. The molecule has 1 heterocycles. The number of carbonyl (C=O) groups is 1. The summed E-state index contributed by atoms with van der Waals surface area (Å²) in [7, 11) is 7.01. The lowest BCUT2D eigenvalue weighted by Crippen LogP contribution is -2.45. The Balaban J connectivity index is 1.70. The SMILES string of the molecule is COc1cc2ncnc(Cl)c2cc1O[C@H]1CC[C@@H](N(C)C(=O)N(C)C)CC1. The van der Waals surface area contributed by atoms with E-state index < -0.39 is 0 Å². The molecule has 0 saturated heterocycles. The Morgan fingerprint density at radius 1 is 1.11 bits per heavy atom. The molecule has 0 radical (unpaired) electrons. The molecule has 0 bridgehead atoms. The van der Waals surface area contributed by atoms with E-state index in [2.05, 4.69) is 9.97 Å². The second kappa shape index (κ2) is 8.17. The quantitative estimate of drug-likeness (QED) is 0.744. The maximum atomic E-state index is 12.1. The fraction of sp³-hybridized carbons (Fsp3) is 0.526. The predicted molar refractivity (Wildman–Crippen MR) is 105 cm³/mol. The summed E-state index contributed by atoms with van der Waals surface area (Å²) in [6.45, 7) is 0. The van der Waals surface area contributed by atoms with Gasteiger partial charge in [-0.15, -0.1) is 0 Å². The highest BCUT2D eigenvalue weighted by atomic mass is 35.5. The Bertz CT molecular complexity index is 822. The average Bonchev–Trinajstić information content (AvgIpc) is 2.67. The van der Waals surface area contributed by atoms with Crippen LogP contribution >= 0.6 is 11.6 Å². The third kappa shape index (κ3) is 4.18. The molecule has 0 aliphatic heterocycles. The maximum Gasteiger partial charge on any atom is 0.319 e. The Morgan fingerprint density at radius 2 is 1.81 bits per heavy atom. The van der Waals surface area contributed by atoms with Gasteiger partial charge in [0, 0.05) is 38.6 Å². The first kappa shape index (κ1) is 19.5. The summed E-state index contributed by atoms with van der Waals surface area (Å²) in [5.41, 5.74) is 0.715. The van der Waals surface area contributed by atoms with Gasteiger partial charge in [-0.3, -0.25) is 0 Å². The Kier molecular flexibility index (Phi) is 5.89. The molecular weight excluding hydrogens is 368 g/mol. The number of hydrogen-bond acceptors (Lipinski definition) is 5. The molecule has 0 unspecified atom stereocenters. The van der Waals surface area contributed by atoms with Crippen molar-refractivity contribution < 1.29 is 14.3 Å². The number of ether oxygens (including phenoxy) is 2. The molecule has 2 aromatic rings. The topological polar surface area (TPSA) is 67.8 Å². The van der Waals surface area contributed by atoms with E-state index in [0.717, 1.165) is 31.1 Å². The molecular formula is C19H25ClN4O3. The van der Waals surface area contributed by atoms with Gasteiger partial charge in [-0.25, -0.2) is 14.8 Å². The minimum atomic E-state index is 0.0326. The number of benzene rings is 1. The molecule has 2 amide bonds. The molecule has 7 nitrogen and oxygen atoms in total. The lowest BCUT2D eigenvalue weighted by Gasteiger charge is -2.36. The van der Waals surface area contributed by atoms with E-state index in [0.29, 0.717) is 22.2 Å². The minimum Gasteiger partial charge on any atom is -0.493 e. The van der Waals surface area contributed by atoms with E-state index in [-0.39, 0.29) is 18.2 Å². The number of methoxy groups -OCH3 is 1. The molecule has 0 spiro atoms. The highest BCUT2D eigenvalue weighted by molar-refractivity contribution is 6.34. The standard InChI is InChI=1S/C19H25ClN4O3/c1-23(2)19(25)24(3)12-5-7-13(8-6-12)27-17-9-14-15(10-16(17)26-4)21-11-22-18(14)20/h9-13H,5-8H2,1-4H3/t12-,13+. The van der Waals surface area contributed by atoms with Gasteiger partial charge in [0.2, 0.25) is 0 Å². The Morgan fingerprint density at radius 3 is 2.44 bits per heavy atom. The first-order valence-corrected chi connectivity index (χ1v) is 9.37. The van der Waals surface area contributed by atoms with Crippen molar-refractivity contribution in [1.82, 2.24) is 19.8 Å². The molecule has 1 fully saturated rings. The monoisotopic (exact) mass is 392 g/mol. The maximum absolute atomic E-state index is 12.1. The van der Waals surface area contributed by atoms with Gasteiger partial charge < -0.3 is 19.3 Å². The zero-order chi connectivity index (χ0) is 19.6. The van der Waals surface area contributed by atoms with Crippen LogP contribution in [-0.2, 0) is 0 Å². The number of hydrogen-bond donors (Lipinski definition) is 0. The molecule has 3 rings (SSSR count). The third-order valence-electron chi connectivity index (χ3n) is 5.04. The fourth-order valence-corrected chi connectivity index (χ4v) is 3.68. The lowest BCUT2D eigenvalue weighted by atomic mass is 9.92. The third-order valence-corrected chi connectivity index (χ3v) is 5.34. The molecule has 1 aliphatic carbocycles. The first-order valence-electron chi connectivity index (χ1n) is 8.99. The highest BCUT2D eigenvalue weighted by Crippen LogP contribution is 2.36. The smallest absolute Gasteiger partial charge is 0.319 e. The van der Waals surface area contributed by atoms with Crippen LogP contribution in [0.4, 0.5) is 4.79 Å². The number of urea groups is 1. The van der Waals surface area contributed by atoms with Crippen molar-refractivity contribution in [2.45, 2.75) is 37.8 Å². The van der Waals surface area contributed by atoms with Crippen molar-refractivity contribution in [3.8, 4) is 11.5 Å². The van der Waals surface area contributed by atoms with Gasteiger partial charge in [-0.1, -0.05) is 11.6 Å². The van der Waals surface area contributed by atoms with Crippen LogP contribution in [-0.4, -0.2) is 66.2 Å². The van der Waals surface area contributed by atoms with E-state index in [1.165, 1.54) is 6.33 Å². The molecule has 1 aromatic heterocycles. The van der Waals surface area contributed by atoms with Crippen molar-refractivity contribution >= 4 is 28.5 Å². The number of halogens is 1. The summed E-state index contributed by atoms with van der Waals surface area (Å²) in [6.07, 6.45) is 5.04. The summed E-state index contributed by atoms with van der Waals surface area (Å²) < 4.78 is 11.7. The second-order valence-electron chi connectivity index (χ2n) is 7.02. The van der Waals surface area contributed by atoms with E-state index in [9.17, 15) is 4.79 Å². The largest absolute Gasteiger partial charge is 0.493 e. The number of aromatic nitrogens is 2. The summed E-state index contributed by atoms with van der Waals surface area (Å²) >= 11 is 6.19. The van der Waals surface area contributed by atoms with Crippen LogP contribution in [0, 0.1) is 0 Å². The van der Waals surface area contributed by atoms with Crippen LogP contribution in [0.3, 0.4) is 0 Å². The number of fused-ring (bicyclic) bond motifs is 1. The van der Waals surface area contributed by atoms with Crippen LogP contribution in [0.15, 0.2) is 18.5 Å². The van der Waals surface area contributed by atoms with Gasteiger partial charge >= 0.3 is 6.03 Å². The lowest BCUT2D eigenvalue weighted by molar-refractivity contribution is 0.0991. The normalized spacial score (nSPS) is 19.6. The molecule has 0 atom stereocenters. The number of rotatable bonds is 4. The zero-order valence-electron chi connectivity index (χ0n) is 16.1. The Hall–Kier alpha value is -2.28. The van der Waals surface area contributed by atoms with Gasteiger partial charge in [0.15, 0.2) is 11.5 Å². The van der Waals surface area contributed by atoms with Gasteiger partial charge in [0.05, 0.1) is 18.7 Å². The van der Waals surface area contributed by atoms with E-state index in [4.69, 9.17) is 21.1 Å². The van der Waals surface area contributed by atoms with Crippen LogP contribution in [0.1, 0.15) is 25.7 Å². The Labute approximate surface area is 164 Å². The molecule has 8 heteroatoms. The van der Waals surface area contributed by atoms with Gasteiger partial charge in [-0.05, 0) is 31.7 Å². The average molecular weight is 393 g/mol. The van der Waals surface area contributed by atoms with Crippen molar-refractivity contribution in [1.29, 1.82) is 0 Å². The summed E-state index contributed by atoms with van der Waals surface area (Å²) in [5.74, 6) is 1.27. The van der Waals surface area contributed by atoms with Gasteiger partial charge in [0.1, 0.15) is 11.5 Å². The fourth-order valence-electron chi connectivity index (χ4n) is 3.49. The van der Waals surface area contributed by atoms with Crippen molar-refractivity contribution in [3.05, 3.63) is 23.6 Å². The molecule has 1 aromatic carbocycles. The number of carbonyl (C=O) groups excluding carboxylic acids is 1. The number of nitrogens with zero attached hydrogens (tertiary/aromatic N) is 4. The van der Waals surface area contributed by atoms with Gasteiger partial charge in [-0.2, -0.15) is 0 Å². The first-order chi connectivity index (χ1) is 12.9. The van der Waals surface area contributed by atoms with Crippen molar-refractivity contribution in [3.63, 3.8) is 0 Å². The molecule has 27 heavy (non-hydrogen) atoms. The van der Waals surface area contributed by atoms with E-state index >= 15 is 0 Å². The summed E-state index contributed by atoms with van der Waals surface area (Å²) in [4.78, 5) is 23.8. The number of amides is 2.